The predicted octanol–water partition coefficient (Wildman–Crippen LogP) is 1.61. The number of rotatable bonds is 3. The Kier molecular flexibility index (Phi) is 3.94. The number of aryl methyl sites for hydroxylation is 1. The molecule has 1 aromatic heterocycles. The van der Waals surface area contributed by atoms with Crippen LogP contribution in [0.2, 0.25) is 0 Å². The molecule has 1 aliphatic rings. The molecule has 1 aromatic rings. The molecule has 0 bridgehead atoms. The number of piperidine rings is 1. The lowest BCUT2D eigenvalue weighted by Crippen LogP contribution is -2.44. The van der Waals surface area contributed by atoms with Crippen molar-refractivity contribution in [2.75, 3.05) is 25.0 Å². The highest BCUT2D eigenvalue weighted by Crippen LogP contribution is 2.24. The van der Waals surface area contributed by atoms with Crippen molar-refractivity contribution in [1.82, 2.24) is 15.3 Å². The third kappa shape index (κ3) is 2.75. The van der Waals surface area contributed by atoms with Gasteiger partial charge in [-0.1, -0.05) is 0 Å². The Bertz CT molecular complexity index is 366. The van der Waals surface area contributed by atoms with Crippen LogP contribution in [-0.2, 0) is 0 Å². The first-order valence-electron chi connectivity index (χ1n) is 6.42. The minimum absolute atomic E-state index is 0.565. The summed E-state index contributed by atoms with van der Waals surface area (Å²) in [4.78, 5) is 11.2. The summed E-state index contributed by atoms with van der Waals surface area (Å²) in [6, 6.07) is 0.565. The van der Waals surface area contributed by atoms with Crippen LogP contribution in [-0.4, -0.2) is 36.1 Å². The summed E-state index contributed by atoms with van der Waals surface area (Å²) in [6.07, 6.45) is 6.09. The highest BCUT2D eigenvalue weighted by atomic mass is 15.2. The van der Waals surface area contributed by atoms with Gasteiger partial charge < -0.3 is 10.2 Å². The van der Waals surface area contributed by atoms with Gasteiger partial charge in [0.1, 0.15) is 5.82 Å². The average molecular weight is 234 g/mol. The fourth-order valence-corrected chi connectivity index (χ4v) is 2.56. The molecule has 1 fully saturated rings. The molecule has 0 radical (unpaired) electrons. The van der Waals surface area contributed by atoms with Gasteiger partial charge in [-0.3, -0.25) is 4.98 Å². The monoisotopic (exact) mass is 234 g/mol. The third-order valence-corrected chi connectivity index (χ3v) is 3.78. The zero-order chi connectivity index (χ0) is 12.3. The summed E-state index contributed by atoms with van der Waals surface area (Å²) in [6.45, 7) is 6.49. The molecular formula is C13H22N4. The van der Waals surface area contributed by atoms with E-state index in [4.69, 9.17) is 0 Å². The van der Waals surface area contributed by atoms with Crippen LogP contribution >= 0.6 is 0 Å². The van der Waals surface area contributed by atoms with Gasteiger partial charge in [0, 0.05) is 31.5 Å². The van der Waals surface area contributed by atoms with E-state index in [1.807, 2.05) is 14.0 Å². The van der Waals surface area contributed by atoms with Crippen LogP contribution in [0.5, 0.6) is 0 Å². The second-order valence-corrected chi connectivity index (χ2v) is 4.89. The van der Waals surface area contributed by atoms with Gasteiger partial charge in [0.05, 0.1) is 5.69 Å². The number of nitrogens with zero attached hydrogens (tertiary/aromatic N) is 3. The van der Waals surface area contributed by atoms with E-state index in [2.05, 4.69) is 27.1 Å². The molecule has 0 spiro atoms. The molecule has 0 aromatic carbocycles. The molecule has 2 atom stereocenters. The fourth-order valence-electron chi connectivity index (χ4n) is 2.56. The van der Waals surface area contributed by atoms with Gasteiger partial charge in [-0.2, -0.15) is 0 Å². The summed E-state index contributed by atoms with van der Waals surface area (Å²) < 4.78 is 0. The lowest BCUT2D eigenvalue weighted by molar-refractivity contribution is 0.332. The summed E-state index contributed by atoms with van der Waals surface area (Å²) in [5.74, 6) is 1.76. The van der Waals surface area contributed by atoms with Gasteiger partial charge >= 0.3 is 0 Å². The third-order valence-electron chi connectivity index (χ3n) is 3.78. The first kappa shape index (κ1) is 12.3. The smallest absolute Gasteiger partial charge is 0.150 e. The van der Waals surface area contributed by atoms with Crippen LogP contribution in [0.25, 0.3) is 0 Å². The zero-order valence-corrected chi connectivity index (χ0v) is 11.0. The summed E-state index contributed by atoms with van der Waals surface area (Å²) >= 11 is 0. The molecule has 0 saturated carbocycles. The summed E-state index contributed by atoms with van der Waals surface area (Å²) in [7, 11) is 2.04. The van der Waals surface area contributed by atoms with Crippen LogP contribution in [0.1, 0.15) is 25.5 Å². The molecule has 4 nitrogen and oxygen atoms in total. The molecule has 2 heterocycles. The molecular weight excluding hydrogens is 212 g/mol. The summed E-state index contributed by atoms with van der Waals surface area (Å²) in [5, 5.41) is 3.36. The molecule has 2 rings (SSSR count). The van der Waals surface area contributed by atoms with Crippen molar-refractivity contribution >= 4 is 5.82 Å². The van der Waals surface area contributed by atoms with Gasteiger partial charge in [0.25, 0.3) is 0 Å². The van der Waals surface area contributed by atoms with Crippen molar-refractivity contribution in [2.45, 2.75) is 32.7 Å². The minimum Gasteiger partial charge on any atom is -0.355 e. The van der Waals surface area contributed by atoms with E-state index in [1.165, 1.54) is 12.8 Å². The Hall–Kier alpha value is -1.16. The van der Waals surface area contributed by atoms with Crippen molar-refractivity contribution in [3.8, 4) is 0 Å². The van der Waals surface area contributed by atoms with Crippen LogP contribution < -0.4 is 10.2 Å². The predicted molar refractivity (Wildman–Crippen MR) is 70.2 cm³/mol. The summed E-state index contributed by atoms with van der Waals surface area (Å²) in [5.41, 5.74) is 1.03. The van der Waals surface area contributed by atoms with Crippen molar-refractivity contribution in [3.05, 3.63) is 18.1 Å². The van der Waals surface area contributed by atoms with Crippen molar-refractivity contribution < 1.29 is 0 Å². The Morgan fingerprint density at radius 2 is 2.18 bits per heavy atom. The van der Waals surface area contributed by atoms with Crippen molar-refractivity contribution in [1.29, 1.82) is 0 Å². The standard InChI is InChI=1S/C13H22N4/c1-10(14-3)12-5-4-8-17(9-12)13-11(2)15-6-7-16-13/h6-7,10,12,14H,4-5,8-9H2,1-3H3. The molecule has 1 aliphatic heterocycles. The van der Waals surface area contributed by atoms with Gasteiger partial charge in [-0.05, 0) is 39.7 Å². The van der Waals surface area contributed by atoms with Crippen LogP contribution in [0.15, 0.2) is 12.4 Å². The van der Waals surface area contributed by atoms with E-state index in [1.54, 1.807) is 12.4 Å². The van der Waals surface area contributed by atoms with E-state index < -0.39 is 0 Å². The lowest BCUT2D eigenvalue weighted by Gasteiger charge is -2.36. The Morgan fingerprint density at radius 3 is 2.88 bits per heavy atom. The maximum Gasteiger partial charge on any atom is 0.150 e. The number of anilines is 1. The highest BCUT2D eigenvalue weighted by Gasteiger charge is 2.25. The maximum atomic E-state index is 4.46. The van der Waals surface area contributed by atoms with E-state index in [-0.39, 0.29) is 0 Å². The topological polar surface area (TPSA) is 41.0 Å². The molecule has 1 N–H and O–H groups in total. The lowest BCUT2D eigenvalue weighted by atomic mass is 9.91. The molecule has 4 heteroatoms. The van der Waals surface area contributed by atoms with Crippen LogP contribution in [0, 0.1) is 12.8 Å². The van der Waals surface area contributed by atoms with Gasteiger partial charge in [0.2, 0.25) is 0 Å². The van der Waals surface area contributed by atoms with E-state index in [0.29, 0.717) is 12.0 Å². The minimum atomic E-state index is 0.565. The quantitative estimate of drug-likeness (QED) is 0.862. The van der Waals surface area contributed by atoms with Gasteiger partial charge in [-0.25, -0.2) is 4.98 Å². The van der Waals surface area contributed by atoms with Gasteiger partial charge in [0.15, 0.2) is 0 Å². The normalized spacial score (nSPS) is 22.5. The SMILES string of the molecule is CNC(C)C1CCCN(c2nccnc2C)C1. The van der Waals surface area contributed by atoms with E-state index >= 15 is 0 Å². The average Bonchev–Trinajstić information content (AvgIpc) is 2.38. The second kappa shape index (κ2) is 5.45. The first-order valence-corrected chi connectivity index (χ1v) is 6.42. The molecule has 0 amide bonds. The Morgan fingerprint density at radius 1 is 1.41 bits per heavy atom. The Balaban J connectivity index is 2.10. The van der Waals surface area contributed by atoms with Crippen molar-refractivity contribution in [2.24, 2.45) is 5.92 Å². The molecule has 17 heavy (non-hydrogen) atoms. The highest BCUT2D eigenvalue weighted by molar-refractivity contribution is 5.42. The molecule has 0 aliphatic carbocycles. The van der Waals surface area contributed by atoms with Crippen molar-refractivity contribution in [3.63, 3.8) is 0 Å². The first-order chi connectivity index (χ1) is 8.22. The molecule has 2 unspecified atom stereocenters. The maximum absolute atomic E-state index is 4.46. The molecule has 94 valence electrons. The van der Waals surface area contributed by atoms with E-state index in [0.717, 1.165) is 24.6 Å². The Labute approximate surface area is 103 Å². The number of hydrogen-bond donors (Lipinski definition) is 1. The van der Waals surface area contributed by atoms with Crippen LogP contribution in [0.4, 0.5) is 5.82 Å². The van der Waals surface area contributed by atoms with Crippen LogP contribution in [0.3, 0.4) is 0 Å². The largest absolute Gasteiger partial charge is 0.355 e. The van der Waals surface area contributed by atoms with Gasteiger partial charge in [-0.15, -0.1) is 0 Å². The number of hydrogen-bond acceptors (Lipinski definition) is 4. The van der Waals surface area contributed by atoms with E-state index in [9.17, 15) is 0 Å². The molecule has 1 saturated heterocycles. The number of aromatic nitrogens is 2. The second-order valence-electron chi connectivity index (χ2n) is 4.89. The zero-order valence-electron chi connectivity index (χ0n) is 11.0. The fraction of sp³-hybridized carbons (Fsp3) is 0.692. The number of nitrogens with one attached hydrogen (secondary N) is 1.